The predicted octanol–water partition coefficient (Wildman–Crippen LogP) is 3.69. The van der Waals surface area contributed by atoms with Crippen LogP contribution in [-0.2, 0) is 0 Å². The van der Waals surface area contributed by atoms with Crippen molar-refractivity contribution in [1.29, 1.82) is 0 Å². The van der Waals surface area contributed by atoms with Crippen molar-refractivity contribution in [3.8, 4) is 0 Å². The SMILES string of the molecule is Cc1cc(C)c(NC(=O)c2cnc(Nc3nc(C)nc(N4CCCC4)n3)o2)c(C)c1. The molecular weight excluding hydrogens is 382 g/mol. The zero-order chi connectivity index (χ0) is 21.3. The van der Waals surface area contributed by atoms with E-state index in [1.165, 1.54) is 6.20 Å². The van der Waals surface area contributed by atoms with Gasteiger partial charge in [-0.3, -0.25) is 10.1 Å². The minimum atomic E-state index is -0.366. The first-order valence-electron chi connectivity index (χ1n) is 9.99. The van der Waals surface area contributed by atoms with Gasteiger partial charge >= 0.3 is 6.01 Å². The Morgan fingerprint density at radius 1 is 1.03 bits per heavy atom. The zero-order valence-corrected chi connectivity index (χ0v) is 17.6. The number of nitrogens with one attached hydrogen (secondary N) is 2. The van der Waals surface area contributed by atoms with Gasteiger partial charge in [-0.1, -0.05) is 17.7 Å². The van der Waals surface area contributed by atoms with Crippen molar-refractivity contribution >= 4 is 29.5 Å². The molecule has 1 amide bonds. The Bertz CT molecular complexity index is 1060. The fraction of sp³-hybridized carbons (Fsp3) is 0.381. The van der Waals surface area contributed by atoms with Crippen LogP contribution in [-0.4, -0.2) is 38.9 Å². The number of benzene rings is 1. The van der Waals surface area contributed by atoms with E-state index in [-0.39, 0.29) is 17.7 Å². The molecule has 1 fully saturated rings. The van der Waals surface area contributed by atoms with Crippen molar-refractivity contribution in [3.63, 3.8) is 0 Å². The van der Waals surface area contributed by atoms with Gasteiger partial charge in [-0.05, 0) is 51.7 Å². The van der Waals surface area contributed by atoms with Crippen LogP contribution in [0.2, 0.25) is 0 Å². The number of carbonyl (C=O) groups excluding carboxylic acids is 1. The molecule has 1 saturated heterocycles. The number of oxazole rings is 1. The van der Waals surface area contributed by atoms with E-state index >= 15 is 0 Å². The van der Waals surface area contributed by atoms with Gasteiger partial charge in [0.25, 0.3) is 5.91 Å². The Kier molecular flexibility index (Phi) is 5.35. The third kappa shape index (κ3) is 4.24. The average Bonchev–Trinajstić information content (AvgIpc) is 3.36. The number of hydrogen-bond donors (Lipinski definition) is 2. The molecule has 3 aromatic rings. The van der Waals surface area contributed by atoms with Crippen molar-refractivity contribution in [2.24, 2.45) is 0 Å². The van der Waals surface area contributed by atoms with Crippen LogP contribution in [0.3, 0.4) is 0 Å². The normalized spacial score (nSPS) is 13.5. The summed E-state index contributed by atoms with van der Waals surface area (Å²) in [5.74, 6) is 1.31. The fourth-order valence-electron chi connectivity index (χ4n) is 3.67. The van der Waals surface area contributed by atoms with E-state index in [0.29, 0.717) is 17.7 Å². The van der Waals surface area contributed by atoms with E-state index in [1.807, 2.05) is 39.8 Å². The topological polar surface area (TPSA) is 109 Å². The summed E-state index contributed by atoms with van der Waals surface area (Å²) >= 11 is 0. The smallest absolute Gasteiger partial charge is 0.302 e. The van der Waals surface area contributed by atoms with Crippen molar-refractivity contribution < 1.29 is 9.21 Å². The number of hydrogen-bond acceptors (Lipinski definition) is 8. The highest BCUT2D eigenvalue weighted by atomic mass is 16.4. The van der Waals surface area contributed by atoms with Crippen LogP contribution in [0.4, 0.5) is 23.6 Å². The van der Waals surface area contributed by atoms with Crippen molar-refractivity contribution in [3.05, 3.63) is 46.6 Å². The molecule has 2 N–H and O–H groups in total. The molecule has 4 rings (SSSR count). The molecule has 1 aliphatic rings. The highest BCUT2D eigenvalue weighted by molar-refractivity contribution is 6.03. The first kappa shape index (κ1) is 19.8. The summed E-state index contributed by atoms with van der Waals surface area (Å²) in [6.45, 7) is 9.63. The maximum Gasteiger partial charge on any atom is 0.302 e. The maximum atomic E-state index is 12.6. The summed E-state index contributed by atoms with van der Waals surface area (Å²) < 4.78 is 5.58. The van der Waals surface area contributed by atoms with E-state index < -0.39 is 0 Å². The number of nitrogens with zero attached hydrogens (tertiary/aromatic N) is 5. The minimum absolute atomic E-state index is 0.0995. The summed E-state index contributed by atoms with van der Waals surface area (Å²) in [5, 5.41) is 5.84. The lowest BCUT2D eigenvalue weighted by atomic mass is 10.1. The van der Waals surface area contributed by atoms with Crippen LogP contribution in [0.25, 0.3) is 0 Å². The second kappa shape index (κ2) is 8.10. The number of anilines is 4. The summed E-state index contributed by atoms with van der Waals surface area (Å²) in [7, 11) is 0. The average molecular weight is 407 g/mol. The van der Waals surface area contributed by atoms with Gasteiger partial charge in [-0.15, -0.1) is 0 Å². The summed E-state index contributed by atoms with van der Waals surface area (Å²) in [5.41, 5.74) is 3.91. The van der Waals surface area contributed by atoms with Crippen LogP contribution < -0.4 is 15.5 Å². The summed E-state index contributed by atoms with van der Waals surface area (Å²) in [4.78, 5) is 32.1. The molecule has 0 spiro atoms. The van der Waals surface area contributed by atoms with Gasteiger partial charge in [-0.2, -0.15) is 15.0 Å². The molecule has 1 aromatic carbocycles. The molecule has 0 radical (unpaired) electrons. The lowest BCUT2D eigenvalue weighted by molar-refractivity contribution is 0.0997. The Morgan fingerprint density at radius 3 is 2.43 bits per heavy atom. The molecule has 9 nitrogen and oxygen atoms in total. The third-order valence-electron chi connectivity index (χ3n) is 4.99. The Labute approximate surface area is 175 Å². The fourth-order valence-corrected chi connectivity index (χ4v) is 3.67. The Balaban J connectivity index is 1.49. The maximum absolute atomic E-state index is 12.6. The number of amides is 1. The van der Waals surface area contributed by atoms with Crippen molar-refractivity contribution in [2.45, 2.75) is 40.5 Å². The second-order valence-electron chi connectivity index (χ2n) is 7.58. The van der Waals surface area contributed by atoms with Gasteiger partial charge < -0.3 is 14.6 Å². The molecule has 1 aliphatic heterocycles. The van der Waals surface area contributed by atoms with E-state index in [0.717, 1.165) is 48.3 Å². The highest BCUT2D eigenvalue weighted by Gasteiger charge is 2.19. The standard InChI is InChI=1S/C21H25N7O2/c1-12-9-13(2)17(14(3)10-12)25-18(29)16-11-22-21(30-16)27-19-23-15(4)24-20(26-19)28-7-5-6-8-28/h9-11H,5-8H2,1-4H3,(H,25,29)(H,22,23,24,26,27). The van der Waals surface area contributed by atoms with Gasteiger partial charge in [0, 0.05) is 18.8 Å². The van der Waals surface area contributed by atoms with Gasteiger partial charge in [0.1, 0.15) is 5.82 Å². The molecule has 0 saturated carbocycles. The summed E-state index contributed by atoms with van der Waals surface area (Å²) in [6.07, 6.45) is 3.64. The van der Waals surface area contributed by atoms with E-state index in [9.17, 15) is 4.79 Å². The van der Waals surface area contributed by atoms with E-state index in [1.54, 1.807) is 0 Å². The molecular formula is C21H25N7O2. The molecule has 156 valence electrons. The third-order valence-corrected chi connectivity index (χ3v) is 4.99. The first-order valence-corrected chi connectivity index (χ1v) is 9.99. The van der Waals surface area contributed by atoms with Crippen LogP contribution in [0.5, 0.6) is 0 Å². The Morgan fingerprint density at radius 2 is 1.73 bits per heavy atom. The van der Waals surface area contributed by atoms with Crippen LogP contribution in [0.15, 0.2) is 22.7 Å². The highest BCUT2D eigenvalue weighted by Crippen LogP contribution is 2.24. The van der Waals surface area contributed by atoms with Gasteiger partial charge in [-0.25, -0.2) is 4.98 Å². The number of aryl methyl sites for hydroxylation is 4. The van der Waals surface area contributed by atoms with Gasteiger partial charge in [0.05, 0.1) is 6.20 Å². The van der Waals surface area contributed by atoms with Crippen molar-refractivity contribution in [2.75, 3.05) is 28.6 Å². The Hall–Kier alpha value is -3.49. The molecule has 9 heteroatoms. The number of rotatable bonds is 5. The largest absolute Gasteiger partial charge is 0.418 e. The minimum Gasteiger partial charge on any atom is -0.418 e. The van der Waals surface area contributed by atoms with Crippen molar-refractivity contribution in [1.82, 2.24) is 19.9 Å². The quantitative estimate of drug-likeness (QED) is 0.659. The molecule has 3 heterocycles. The zero-order valence-electron chi connectivity index (χ0n) is 17.6. The van der Waals surface area contributed by atoms with E-state index in [4.69, 9.17) is 4.42 Å². The lowest BCUT2D eigenvalue weighted by Gasteiger charge is -2.15. The number of carbonyl (C=O) groups is 1. The molecule has 0 bridgehead atoms. The summed E-state index contributed by atoms with van der Waals surface area (Å²) in [6, 6.07) is 4.20. The molecule has 0 aliphatic carbocycles. The van der Waals surface area contributed by atoms with Gasteiger partial charge in [0.15, 0.2) is 0 Å². The molecule has 0 unspecified atom stereocenters. The van der Waals surface area contributed by atoms with E-state index in [2.05, 4.69) is 35.5 Å². The second-order valence-corrected chi connectivity index (χ2v) is 7.58. The monoisotopic (exact) mass is 407 g/mol. The number of aromatic nitrogens is 4. The molecule has 0 atom stereocenters. The van der Waals surface area contributed by atoms with Crippen LogP contribution in [0.1, 0.15) is 45.9 Å². The van der Waals surface area contributed by atoms with Crippen LogP contribution in [0, 0.1) is 27.7 Å². The van der Waals surface area contributed by atoms with Gasteiger partial charge in [0.2, 0.25) is 17.7 Å². The predicted molar refractivity (Wildman–Crippen MR) is 114 cm³/mol. The molecule has 30 heavy (non-hydrogen) atoms. The molecule has 2 aromatic heterocycles. The lowest BCUT2D eigenvalue weighted by Crippen LogP contribution is -2.21. The van der Waals surface area contributed by atoms with Crippen LogP contribution >= 0.6 is 0 Å². The first-order chi connectivity index (χ1) is 14.4.